The number of phenols is 1. The number of nitrogens with zero attached hydrogens (tertiary/aromatic N) is 2. The summed E-state index contributed by atoms with van der Waals surface area (Å²) in [5.41, 5.74) is 0.370. The van der Waals surface area contributed by atoms with Crippen molar-refractivity contribution in [2.75, 3.05) is 5.32 Å². The highest BCUT2D eigenvalue weighted by Gasteiger charge is 2.22. The van der Waals surface area contributed by atoms with Gasteiger partial charge in [0, 0.05) is 24.6 Å². The van der Waals surface area contributed by atoms with Crippen LogP contribution in [0.3, 0.4) is 0 Å². The minimum absolute atomic E-state index is 0.0883. The molecule has 1 heterocycles. The van der Waals surface area contributed by atoms with Gasteiger partial charge in [0.05, 0.1) is 5.61 Å². The number of aromatic carboxylic acids is 1. The molecule has 0 saturated heterocycles. The second kappa shape index (κ2) is 9.90. The molecule has 0 fully saturated rings. The Kier molecular flexibility index (Phi) is 7.03. The van der Waals surface area contributed by atoms with Gasteiger partial charge in [-0.15, -0.1) is 0 Å². The van der Waals surface area contributed by atoms with Crippen molar-refractivity contribution in [3.63, 3.8) is 0 Å². The van der Waals surface area contributed by atoms with Crippen LogP contribution in [0.1, 0.15) is 37.6 Å². The zero-order valence-electron chi connectivity index (χ0n) is 17.0. The number of carbonyl (C=O) groups excluding carboxylic acids is 1. The van der Waals surface area contributed by atoms with Gasteiger partial charge in [-0.1, -0.05) is 29.4 Å². The van der Waals surface area contributed by atoms with Gasteiger partial charge in [0.25, 0.3) is 5.91 Å². The van der Waals surface area contributed by atoms with Crippen LogP contribution in [-0.2, 0) is 13.0 Å². The van der Waals surface area contributed by atoms with Gasteiger partial charge in [0.2, 0.25) is 0 Å². The molecular weight excluding hydrogens is 417 g/mol. The Bertz CT molecular complexity index is 1170. The monoisotopic (exact) mass is 437 g/mol. The van der Waals surface area contributed by atoms with E-state index >= 15 is 0 Å². The lowest BCUT2D eigenvalue weighted by atomic mass is 9.79. The number of nitrogens with one attached hydrogen (secondary N) is 1. The molecule has 3 rings (SSSR count). The predicted octanol–water partition coefficient (Wildman–Crippen LogP) is 1.83. The van der Waals surface area contributed by atoms with E-state index in [4.69, 9.17) is 9.63 Å². The molecule has 0 aliphatic carbocycles. The largest absolute Gasteiger partial charge is 0.507 e. The number of aliphatic imine (C=N–C) groups is 1. The summed E-state index contributed by atoms with van der Waals surface area (Å²) in [4.78, 5) is 27.6. The van der Waals surface area contributed by atoms with Gasteiger partial charge in [-0.3, -0.25) is 4.79 Å². The number of aryl methyl sites for hydroxylation is 1. The van der Waals surface area contributed by atoms with Crippen LogP contribution in [0.5, 0.6) is 5.75 Å². The second-order valence-electron chi connectivity index (χ2n) is 6.95. The lowest BCUT2D eigenvalue weighted by molar-refractivity contribution is 0.0693. The molecule has 164 valence electrons. The molecule has 0 aliphatic heterocycles. The van der Waals surface area contributed by atoms with Gasteiger partial charge in [-0.25, -0.2) is 9.79 Å². The summed E-state index contributed by atoms with van der Waals surface area (Å²) in [5.74, 6) is -1.39. The molecule has 0 bridgehead atoms. The maximum Gasteiger partial charge on any atom is 0.504 e. The maximum atomic E-state index is 12.6. The Balaban J connectivity index is 1.78. The molecule has 0 atom stereocenters. The van der Waals surface area contributed by atoms with Gasteiger partial charge < -0.3 is 30.1 Å². The van der Waals surface area contributed by atoms with Gasteiger partial charge in [-0.05, 0) is 36.2 Å². The highest BCUT2D eigenvalue weighted by molar-refractivity contribution is 6.80. The van der Waals surface area contributed by atoms with Gasteiger partial charge in [0.1, 0.15) is 17.1 Å². The van der Waals surface area contributed by atoms with Crippen molar-refractivity contribution in [1.82, 2.24) is 5.16 Å². The van der Waals surface area contributed by atoms with Crippen LogP contribution in [0.25, 0.3) is 0 Å². The Labute approximate surface area is 183 Å². The van der Waals surface area contributed by atoms with E-state index in [1.165, 1.54) is 24.3 Å². The fourth-order valence-corrected chi connectivity index (χ4v) is 2.94. The summed E-state index contributed by atoms with van der Waals surface area (Å²) in [6.07, 6.45) is -0.330. The SMILES string of the molecule is Cc1cc(NCc2cccc(C(=O)N=C(Cc3cccc(C(=O)O)c3O)B(O)O)c2)no1. The van der Waals surface area contributed by atoms with Crippen LogP contribution in [0, 0.1) is 6.92 Å². The first-order valence-corrected chi connectivity index (χ1v) is 9.53. The van der Waals surface area contributed by atoms with E-state index in [1.807, 2.05) is 0 Å². The van der Waals surface area contributed by atoms with E-state index in [1.54, 1.807) is 31.2 Å². The first-order valence-electron chi connectivity index (χ1n) is 9.53. The highest BCUT2D eigenvalue weighted by Crippen LogP contribution is 2.23. The van der Waals surface area contributed by atoms with E-state index in [0.29, 0.717) is 18.1 Å². The van der Waals surface area contributed by atoms with Crippen molar-refractivity contribution in [1.29, 1.82) is 0 Å². The molecule has 5 N–H and O–H groups in total. The normalized spacial score (nSPS) is 11.3. The number of carboxylic acids is 1. The van der Waals surface area contributed by atoms with Crippen molar-refractivity contribution < 1.29 is 34.4 Å². The molecule has 2 aromatic carbocycles. The highest BCUT2D eigenvalue weighted by atomic mass is 16.5. The quantitative estimate of drug-likeness (QED) is 0.261. The molecular formula is C21H20BN3O7. The minimum atomic E-state index is -2.08. The number of rotatable bonds is 8. The smallest absolute Gasteiger partial charge is 0.504 e. The van der Waals surface area contributed by atoms with Gasteiger partial charge in [0.15, 0.2) is 5.82 Å². The third-order valence-electron chi connectivity index (χ3n) is 4.54. The summed E-state index contributed by atoms with van der Waals surface area (Å²) in [7, 11) is -2.08. The minimum Gasteiger partial charge on any atom is -0.507 e. The Morgan fingerprint density at radius 1 is 1.16 bits per heavy atom. The molecule has 0 spiro atoms. The third kappa shape index (κ3) is 5.59. The van der Waals surface area contributed by atoms with E-state index in [2.05, 4.69) is 15.5 Å². The maximum absolute atomic E-state index is 12.6. The number of hydrogen-bond donors (Lipinski definition) is 5. The van der Waals surface area contributed by atoms with E-state index in [9.17, 15) is 24.7 Å². The zero-order valence-corrected chi connectivity index (χ0v) is 17.0. The van der Waals surface area contributed by atoms with Crippen molar-refractivity contribution in [3.05, 3.63) is 76.5 Å². The topological polar surface area (TPSA) is 165 Å². The summed E-state index contributed by atoms with van der Waals surface area (Å²) in [6, 6.07) is 12.3. The number of aromatic nitrogens is 1. The second-order valence-corrected chi connectivity index (χ2v) is 6.95. The number of carbonyl (C=O) groups is 2. The van der Waals surface area contributed by atoms with Crippen LogP contribution in [0.15, 0.2) is 58.0 Å². The lowest BCUT2D eigenvalue weighted by Gasteiger charge is -2.09. The van der Waals surface area contributed by atoms with E-state index in [0.717, 1.165) is 5.56 Å². The average Bonchev–Trinajstić information content (AvgIpc) is 3.18. The summed E-state index contributed by atoms with van der Waals surface area (Å²) in [5, 5.41) is 45.4. The van der Waals surface area contributed by atoms with Crippen molar-refractivity contribution in [2.45, 2.75) is 19.9 Å². The molecule has 0 radical (unpaired) electrons. The molecule has 0 aliphatic rings. The van der Waals surface area contributed by atoms with Crippen LogP contribution in [0.4, 0.5) is 5.82 Å². The van der Waals surface area contributed by atoms with Crippen LogP contribution < -0.4 is 5.32 Å². The summed E-state index contributed by atoms with van der Waals surface area (Å²) < 4.78 is 4.98. The Morgan fingerprint density at radius 2 is 1.91 bits per heavy atom. The van der Waals surface area contributed by atoms with E-state index < -0.39 is 24.7 Å². The first kappa shape index (κ1) is 22.7. The predicted molar refractivity (Wildman–Crippen MR) is 116 cm³/mol. The van der Waals surface area contributed by atoms with Crippen LogP contribution in [-0.4, -0.2) is 50.0 Å². The van der Waals surface area contributed by atoms with Crippen molar-refractivity contribution >= 4 is 30.4 Å². The molecule has 10 nitrogen and oxygen atoms in total. The molecule has 0 saturated carbocycles. The summed E-state index contributed by atoms with van der Waals surface area (Å²) in [6.45, 7) is 2.13. The van der Waals surface area contributed by atoms with Gasteiger partial charge >= 0.3 is 13.1 Å². The van der Waals surface area contributed by atoms with Crippen LogP contribution >= 0.6 is 0 Å². The number of hydrogen-bond acceptors (Lipinski definition) is 8. The Morgan fingerprint density at radius 3 is 2.56 bits per heavy atom. The molecule has 32 heavy (non-hydrogen) atoms. The number of benzene rings is 2. The Hall–Kier alpha value is -3.96. The lowest BCUT2D eigenvalue weighted by Crippen LogP contribution is -2.29. The number of aromatic hydroxyl groups is 1. The van der Waals surface area contributed by atoms with Crippen molar-refractivity contribution in [3.8, 4) is 5.75 Å². The molecule has 3 aromatic rings. The van der Waals surface area contributed by atoms with E-state index in [-0.39, 0.29) is 28.7 Å². The molecule has 1 aromatic heterocycles. The molecule has 1 amide bonds. The number of anilines is 1. The zero-order chi connectivity index (χ0) is 23.3. The summed E-state index contributed by atoms with van der Waals surface area (Å²) >= 11 is 0. The van der Waals surface area contributed by atoms with Crippen LogP contribution in [0.2, 0.25) is 0 Å². The van der Waals surface area contributed by atoms with Crippen molar-refractivity contribution in [2.24, 2.45) is 4.99 Å². The average molecular weight is 437 g/mol. The fraction of sp³-hybridized carbons (Fsp3) is 0.143. The molecule has 11 heteroatoms. The number of carboxylic acid groups (broad SMARTS) is 1. The number of para-hydroxylation sites is 1. The first-order chi connectivity index (χ1) is 15.2. The third-order valence-corrected chi connectivity index (χ3v) is 4.54. The number of amides is 1. The fourth-order valence-electron chi connectivity index (χ4n) is 2.94. The molecule has 0 unspecified atom stereocenters. The standard InChI is InChI=1S/C21H20BN3O7/c1-12-8-18(25-32-12)23-11-13-4-2-6-15(9-13)20(27)24-17(22(30)31)10-14-5-3-7-16(19(14)26)21(28)29/h2-9,26,30-31H,10-11H2,1H3,(H,23,25)(H,28,29). The van der Waals surface area contributed by atoms with Gasteiger partial charge in [-0.2, -0.15) is 0 Å².